The number of nitrogens with two attached hydrogens (primary N) is 1. The smallest absolute Gasteiger partial charge is 0.261 e. The van der Waals surface area contributed by atoms with Crippen molar-refractivity contribution in [2.24, 2.45) is 5.14 Å². The molecule has 0 aliphatic carbocycles. The molecule has 0 unspecified atom stereocenters. The van der Waals surface area contributed by atoms with Crippen molar-refractivity contribution in [1.29, 1.82) is 0 Å². The third-order valence-corrected chi connectivity index (χ3v) is 5.62. The van der Waals surface area contributed by atoms with Crippen LogP contribution in [0.15, 0.2) is 82.2 Å². The third kappa shape index (κ3) is 4.66. The quantitative estimate of drug-likeness (QED) is 0.439. The van der Waals surface area contributed by atoms with E-state index in [9.17, 15) is 12.8 Å². The Balaban J connectivity index is 1.55. The molecule has 1 heterocycles. The molecule has 0 radical (unpaired) electrons. The van der Waals surface area contributed by atoms with Crippen molar-refractivity contribution in [1.82, 2.24) is 10.1 Å². The van der Waals surface area contributed by atoms with Crippen molar-refractivity contribution in [3.05, 3.63) is 84.2 Å². The topological polar surface area (TPSA) is 111 Å². The fraction of sp³-hybridized carbons (Fsp3) is 0. The zero-order valence-corrected chi connectivity index (χ0v) is 17.5. The van der Waals surface area contributed by atoms with Crippen LogP contribution in [-0.2, 0) is 10.0 Å². The zero-order chi connectivity index (χ0) is 22.0. The highest BCUT2D eigenvalue weighted by Crippen LogP contribution is 2.25. The predicted molar refractivity (Wildman–Crippen MR) is 118 cm³/mol. The van der Waals surface area contributed by atoms with Crippen LogP contribution in [0.3, 0.4) is 0 Å². The SMILES string of the molecule is NS(=O)(=O)c1ccc(NC(=S)c2cccc(-c3noc(-c4ccccc4F)n3)c2)cc1. The highest BCUT2D eigenvalue weighted by molar-refractivity contribution is 7.89. The van der Waals surface area contributed by atoms with Gasteiger partial charge in [0.15, 0.2) is 0 Å². The molecule has 0 aliphatic rings. The Morgan fingerprint density at radius 1 is 1.03 bits per heavy atom. The summed E-state index contributed by atoms with van der Waals surface area (Å²) in [5.41, 5.74) is 2.14. The van der Waals surface area contributed by atoms with Crippen LogP contribution < -0.4 is 10.5 Å². The third-order valence-electron chi connectivity index (χ3n) is 4.35. The van der Waals surface area contributed by atoms with Gasteiger partial charge in [0.1, 0.15) is 10.8 Å². The number of nitrogens with zero attached hydrogens (tertiary/aromatic N) is 2. The van der Waals surface area contributed by atoms with Gasteiger partial charge in [-0.1, -0.05) is 47.7 Å². The van der Waals surface area contributed by atoms with Crippen LogP contribution in [0.2, 0.25) is 0 Å². The van der Waals surface area contributed by atoms with E-state index in [0.29, 0.717) is 27.6 Å². The van der Waals surface area contributed by atoms with Crippen molar-refractivity contribution in [2.45, 2.75) is 4.90 Å². The Kier molecular flexibility index (Phi) is 5.59. The first-order chi connectivity index (χ1) is 14.8. The normalized spacial score (nSPS) is 11.3. The van der Waals surface area contributed by atoms with Gasteiger partial charge in [0.2, 0.25) is 15.8 Å². The van der Waals surface area contributed by atoms with E-state index in [1.165, 1.54) is 18.2 Å². The van der Waals surface area contributed by atoms with Crippen molar-refractivity contribution < 1.29 is 17.3 Å². The lowest BCUT2D eigenvalue weighted by atomic mass is 10.1. The largest absolute Gasteiger partial charge is 0.346 e. The van der Waals surface area contributed by atoms with E-state index in [-0.39, 0.29) is 16.3 Å². The molecule has 0 aliphatic heterocycles. The number of sulfonamides is 1. The highest BCUT2D eigenvalue weighted by atomic mass is 32.2. The number of benzene rings is 3. The molecule has 0 fully saturated rings. The van der Waals surface area contributed by atoms with Crippen molar-refractivity contribution in [2.75, 3.05) is 5.32 Å². The summed E-state index contributed by atoms with van der Waals surface area (Å²) in [7, 11) is -3.76. The van der Waals surface area contributed by atoms with Crippen LogP contribution in [0.4, 0.5) is 10.1 Å². The maximum absolute atomic E-state index is 14.0. The minimum Gasteiger partial charge on any atom is -0.346 e. The molecule has 31 heavy (non-hydrogen) atoms. The molecular formula is C21H15FN4O3S2. The summed E-state index contributed by atoms with van der Waals surface area (Å²) in [4.78, 5) is 4.69. The average molecular weight is 455 g/mol. The van der Waals surface area contributed by atoms with Crippen molar-refractivity contribution >= 4 is 32.9 Å². The molecule has 156 valence electrons. The summed E-state index contributed by atoms with van der Waals surface area (Å²) in [5, 5.41) is 12.1. The van der Waals surface area contributed by atoms with Crippen LogP contribution in [0.25, 0.3) is 22.8 Å². The van der Waals surface area contributed by atoms with E-state index in [1.807, 2.05) is 0 Å². The van der Waals surface area contributed by atoms with Gasteiger partial charge < -0.3 is 9.84 Å². The highest BCUT2D eigenvalue weighted by Gasteiger charge is 2.15. The number of nitrogens with one attached hydrogen (secondary N) is 1. The second-order valence-corrected chi connectivity index (χ2v) is 8.48. The molecule has 1 aromatic heterocycles. The summed E-state index contributed by atoms with van der Waals surface area (Å²) in [6, 6.07) is 19.2. The average Bonchev–Trinajstić information content (AvgIpc) is 3.24. The number of aromatic nitrogens is 2. The lowest BCUT2D eigenvalue weighted by Gasteiger charge is -2.09. The van der Waals surface area contributed by atoms with Crippen LogP contribution in [-0.4, -0.2) is 23.5 Å². The molecule has 3 aromatic carbocycles. The molecule has 4 aromatic rings. The first kappa shape index (κ1) is 20.8. The number of hydrogen-bond donors (Lipinski definition) is 2. The molecule has 0 saturated heterocycles. The Morgan fingerprint density at radius 3 is 2.48 bits per heavy atom. The minimum atomic E-state index is -3.76. The molecule has 0 saturated carbocycles. The van der Waals surface area contributed by atoms with E-state index >= 15 is 0 Å². The zero-order valence-electron chi connectivity index (χ0n) is 15.8. The lowest BCUT2D eigenvalue weighted by Crippen LogP contribution is -2.13. The Morgan fingerprint density at radius 2 is 1.77 bits per heavy atom. The first-order valence-corrected chi connectivity index (χ1v) is 10.9. The van der Waals surface area contributed by atoms with Gasteiger partial charge in [-0.2, -0.15) is 4.98 Å². The monoisotopic (exact) mass is 454 g/mol. The second kappa shape index (κ2) is 8.34. The Hall–Kier alpha value is -3.47. The van der Waals surface area contributed by atoms with E-state index in [1.54, 1.807) is 54.6 Å². The number of thiocarbonyl (C=S) groups is 1. The Bertz CT molecular complexity index is 1370. The summed E-state index contributed by atoms with van der Waals surface area (Å²) in [6.45, 7) is 0. The minimum absolute atomic E-state index is 0.00808. The number of hydrogen-bond acceptors (Lipinski definition) is 6. The maximum Gasteiger partial charge on any atom is 0.261 e. The molecule has 0 amide bonds. The summed E-state index contributed by atoms with van der Waals surface area (Å²) >= 11 is 5.45. The van der Waals surface area contributed by atoms with Gasteiger partial charge in [-0.05, 0) is 42.5 Å². The van der Waals surface area contributed by atoms with E-state index in [0.717, 1.165) is 0 Å². The van der Waals surface area contributed by atoms with Crippen molar-refractivity contribution in [3.8, 4) is 22.8 Å². The van der Waals surface area contributed by atoms with Crippen LogP contribution in [0.1, 0.15) is 5.56 Å². The van der Waals surface area contributed by atoms with Crippen molar-refractivity contribution in [3.63, 3.8) is 0 Å². The van der Waals surface area contributed by atoms with Crippen LogP contribution in [0, 0.1) is 5.82 Å². The fourth-order valence-corrected chi connectivity index (χ4v) is 3.58. The van der Waals surface area contributed by atoms with Gasteiger partial charge in [-0.25, -0.2) is 17.9 Å². The standard InChI is InChI=1S/C21H15FN4O3S2/c22-18-7-2-1-6-17(18)20-25-19(26-29-20)13-4-3-5-14(12-13)21(30)24-15-8-10-16(11-9-15)31(23,27)28/h1-12H,(H,24,30)(H2,23,27,28). The number of primary sulfonamides is 1. The fourth-order valence-electron chi connectivity index (χ4n) is 2.82. The van der Waals surface area contributed by atoms with Gasteiger partial charge in [-0.15, -0.1) is 0 Å². The second-order valence-electron chi connectivity index (χ2n) is 6.51. The van der Waals surface area contributed by atoms with E-state index in [4.69, 9.17) is 21.9 Å². The lowest BCUT2D eigenvalue weighted by molar-refractivity contribution is 0.429. The maximum atomic E-state index is 14.0. The van der Waals surface area contributed by atoms with Gasteiger partial charge in [-0.3, -0.25) is 0 Å². The molecule has 7 nitrogen and oxygen atoms in total. The van der Waals surface area contributed by atoms with E-state index < -0.39 is 15.8 Å². The van der Waals surface area contributed by atoms with Gasteiger partial charge in [0.25, 0.3) is 5.89 Å². The molecule has 4 rings (SSSR count). The predicted octanol–water partition coefficient (Wildman–Crippen LogP) is 3.98. The summed E-state index contributed by atoms with van der Waals surface area (Å²) in [5.74, 6) is -0.0835. The molecule has 0 spiro atoms. The van der Waals surface area contributed by atoms with Gasteiger partial charge in [0.05, 0.1) is 10.5 Å². The molecule has 3 N–H and O–H groups in total. The number of halogens is 1. The number of rotatable bonds is 5. The molecule has 10 heteroatoms. The summed E-state index contributed by atoms with van der Waals surface area (Å²) in [6.07, 6.45) is 0. The van der Waals surface area contributed by atoms with Crippen LogP contribution >= 0.6 is 12.2 Å². The first-order valence-electron chi connectivity index (χ1n) is 8.94. The van der Waals surface area contributed by atoms with Gasteiger partial charge >= 0.3 is 0 Å². The summed E-state index contributed by atoms with van der Waals surface area (Å²) < 4.78 is 41.9. The molecule has 0 atom stereocenters. The Labute approximate surface area is 182 Å². The molecule has 0 bridgehead atoms. The number of anilines is 1. The molecular weight excluding hydrogens is 439 g/mol. The van der Waals surface area contributed by atoms with E-state index in [2.05, 4.69) is 15.5 Å². The van der Waals surface area contributed by atoms with Gasteiger partial charge in [0, 0.05) is 16.8 Å². The van der Waals surface area contributed by atoms with Crippen LogP contribution in [0.5, 0.6) is 0 Å².